The van der Waals surface area contributed by atoms with Crippen molar-refractivity contribution in [3.8, 4) is 18.2 Å². The van der Waals surface area contributed by atoms with Crippen LogP contribution >= 0.6 is 11.6 Å². The Morgan fingerprint density at radius 2 is 1.89 bits per heavy atom. The second kappa shape index (κ2) is 6.14. The van der Waals surface area contributed by atoms with E-state index in [1.54, 1.807) is 6.07 Å². The minimum atomic E-state index is -1.63. The molecule has 1 saturated heterocycles. The summed E-state index contributed by atoms with van der Waals surface area (Å²) in [6.07, 6.45) is 4.03. The third-order valence-electron chi connectivity index (χ3n) is 6.46. The zero-order valence-electron chi connectivity index (χ0n) is 14.9. The van der Waals surface area contributed by atoms with Crippen molar-refractivity contribution in [1.29, 1.82) is 15.8 Å². The summed E-state index contributed by atoms with van der Waals surface area (Å²) in [4.78, 5) is 2.29. The zero-order chi connectivity index (χ0) is 19.3. The average molecular weight is 376 g/mol. The number of likely N-dealkylation sites (N-methyl/N-ethyl adjacent to an activating group) is 1. The van der Waals surface area contributed by atoms with Crippen molar-refractivity contribution >= 4 is 11.6 Å². The molecule has 2 N–H and O–H groups in total. The second-order valence-corrected chi connectivity index (χ2v) is 7.86. The van der Waals surface area contributed by atoms with Crippen molar-refractivity contribution in [2.45, 2.75) is 30.8 Å². The standard InChI is InChI=1S/C21H18ClN5/c1-27-12-6-7-17(27)18-14(8-12)15(9-23)20(26)21(10-24,11-25)19(18)13-4-2-3-5-16(13)22/h2-5,8,12,17-19H,6-7,26H2,1H3/t12-,17-,18+,19-/m0/s1. The highest BCUT2D eigenvalue weighted by Crippen LogP contribution is 2.58. The predicted octanol–water partition coefficient (Wildman–Crippen LogP) is 3.23. The van der Waals surface area contributed by atoms with Gasteiger partial charge in [0.15, 0.2) is 5.41 Å². The van der Waals surface area contributed by atoms with Gasteiger partial charge in [-0.3, -0.25) is 4.90 Å². The lowest BCUT2D eigenvalue weighted by molar-refractivity contribution is 0.160. The number of nitrogens with two attached hydrogens (primary N) is 1. The van der Waals surface area contributed by atoms with Crippen molar-refractivity contribution in [2.75, 3.05) is 7.05 Å². The molecule has 27 heavy (non-hydrogen) atoms. The highest BCUT2D eigenvalue weighted by molar-refractivity contribution is 6.31. The van der Waals surface area contributed by atoms with Gasteiger partial charge < -0.3 is 5.73 Å². The van der Waals surface area contributed by atoms with Crippen molar-refractivity contribution in [3.05, 3.63) is 57.8 Å². The van der Waals surface area contributed by atoms with Crippen LogP contribution in [0, 0.1) is 45.3 Å². The number of hydrogen-bond donors (Lipinski definition) is 1. The van der Waals surface area contributed by atoms with Crippen LogP contribution in [-0.4, -0.2) is 24.0 Å². The maximum Gasteiger partial charge on any atom is 0.191 e. The molecule has 5 nitrogen and oxygen atoms in total. The van der Waals surface area contributed by atoms with Crippen LogP contribution in [0.15, 0.2) is 47.2 Å². The second-order valence-electron chi connectivity index (χ2n) is 7.46. The fraction of sp³-hybridized carbons (Fsp3) is 0.381. The highest BCUT2D eigenvalue weighted by atomic mass is 35.5. The SMILES string of the molecule is CN1[C@@H]2C=C3C(C#N)=C(N)C(C#N)(C#N)[C@@H](c4ccccc4Cl)[C@H]3[C@@H]1CC2. The molecule has 2 heterocycles. The smallest absolute Gasteiger partial charge is 0.191 e. The summed E-state index contributed by atoms with van der Waals surface area (Å²) >= 11 is 6.51. The van der Waals surface area contributed by atoms with Gasteiger partial charge in [0.05, 0.1) is 23.4 Å². The van der Waals surface area contributed by atoms with Crippen LogP contribution in [0.25, 0.3) is 0 Å². The lowest BCUT2D eigenvalue weighted by Crippen LogP contribution is -2.51. The van der Waals surface area contributed by atoms with E-state index in [1.807, 2.05) is 18.2 Å². The lowest BCUT2D eigenvalue weighted by atomic mass is 9.56. The van der Waals surface area contributed by atoms with Crippen LogP contribution in [0.4, 0.5) is 0 Å². The zero-order valence-corrected chi connectivity index (χ0v) is 15.6. The Bertz CT molecular complexity index is 989. The topological polar surface area (TPSA) is 101 Å². The molecule has 2 aliphatic heterocycles. The molecule has 0 amide bonds. The summed E-state index contributed by atoms with van der Waals surface area (Å²) in [5.74, 6) is -0.717. The summed E-state index contributed by atoms with van der Waals surface area (Å²) in [5, 5.41) is 30.5. The first kappa shape index (κ1) is 17.6. The number of allylic oxidation sites excluding steroid dienone is 2. The van der Waals surface area contributed by atoms with Crippen LogP contribution < -0.4 is 5.73 Å². The number of rotatable bonds is 1. The van der Waals surface area contributed by atoms with Crippen LogP contribution in [0.1, 0.15) is 24.3 Å². The van der Waals surface area contributed by atoms with Crippen LogP contribution in [0.5, 0.6) is 0 Å². The van der Waals surface area contributed by atoms with Gasteiger partial charge in [0.2, 0.25) is 0 Å². The van der Waals surface area contributed by atoms with E-state index in [9.17, 15) is 15.8 Å². The maximum atomic E-state index is 10.1. The minimum absolute atomic E-state index is 0.0476. The van der Waals surface area contributed by atoms with E-state index in [0.717, 1.165) is 24.0 Å². The van der Waals surface area contributed by atoms with Gasteiger partial charge in [-0.1, -0.05) is 35.9 Å². The number of benzene rings is 1. The van der Waals surface area contributed by atoms with E-state index in [-0.39, 0.29) is 29.3 Å². The Hall–Kier alpha value is -2.78. The largest absolute Gasteiger partial charge is 0.399 e. The molecule has 2 bridgehead atoms. The fourth-order valence-corrected chi connectivity index (χ4v) is 5.41. The van der Waals surface area contributed by atoms with Crippen LogP contribution in [0.2, 0.25) is 5.02 Å². The number of nitriles is 3. The Morgan fingerprint density at radius 1 is 1.19 bits per heavy atom. The number of hydrogen-bond acceptors (Lipinski definition) is 5. The molecular weight excluding hydrogens is 358 g/mol. The fourth-order valence-electron chi connectivity index (χ4n) is 5.16. The number of nitrogens with zero attached hydrogens (tertiary/aromatic N) is 4. The van der Waals surface area contributed by atoms with E-state index >= 15 is 0 Å². The first-order valence-corrected chi connectivity index (χ1v) is 9.29. The summed E-state index contributed by atoms with van der Waals surface area (Å²) < 4.78 is 0. The molecule has 1 aliphatic carbocycles. The Morgan fingerprint density at radius 3 is 2.52 bits per heavy atom. The Labute approximate surface area is 163 Å². The van der Waals surface area contributed by atoms with Crippen molar-refractivity contribution in [3.63, 3.8) is 0 Å². The quantitative estimate of drug-likeness (QED) is 0.812. The normalized spacial score (nSPS) is 31.3. The molecule has 0 spiro atoms. The van der Waals surface area contributed by atoms with Gasteiger partial charge in [-0.2, -0.15) is 15.8 Å². The molecule has 0 radical (unpaired) electrons. The van der Waals surface area contributed by atoms with Crippen molar-refractivity contribution < 1.29 is 0 Å². The monoisotopic (exact) mass is 375 g/mol. The lowest BCUT2D eigenvalue weighted by Gasteiger charge is -2.48. The highest BCUT2D eigenvalue weighted by Gasteiger charge is 2.58. The molecule has 1 aromatic rings. The van der Waals surface area contributed by atoms with Gasteiger partial charge in [-0.15, -0.1) is 0 Å². The van der Waals surface area contributed by atoms with E-state index in [1.165, 1.54) is 0 Å². The third kappa shape index (κ3) is 2.18. The third-order valence-corrected chi connectivity index (χ3v) is 6.81. The van der Waals surface area contributed by atoms with Crippen molar-refractivity contribution in [1.82, 2.24) is 4.90 Å². The Balaban J connectivity index is 2.08. The molecule has 134 valence electrons. The van der Waals surface area contributed by atoms with E-state index in [4.69, 9.17) is 17.3 Å². The molecular formula is C21H18ClN5. The van der Waals surface area contributed by atoms with E-state index < -0.39 is 11.3 Å². The molecule has 4 atom stereocenters. The van der Waals surface area contributed by atoms with Crippen molar-refractivity contribution in [2.24, 2.45) is 17.1 Å². The van der Waals surface area contributed by atoms with Gasteiger partial charge in [-0.05, 0) is 37.1 Å². The first-order valence-electron chi connectivity index (χ1n) is 8.91. The molecule has 0 aromatic heterocycles. The van der Waals surface area contributed by atoms with Gasteiger partial charge in [-0.25, -0.2) is 0 Å². The van der Waals surface area contributed by atoms with Gasteiger partial charge in [0.25, 0.3) is 0 Å². The van der Waals surface area contributed by atoms with Gasteiger partial charge in [0, 0.05) is 28.9 Å². The predicted molar refractivity (Wildman–Crippen MR) is 101 cm³/mol. The van der Waals surface area contributed by atoms with Gasteiger partial charge >= 0.3 is 0 Å². The maximum absolute atomic E-state index is 10.1. The molecule has 1 fully saturated rings. The average Bonchev–Trinajstić information content (AvgIpc) is 2.91. The van der Waals surface area contributed by atoms with Crippen LogP contribution in [0.3, 0.4) is 0 Å². The molecule has 6 heteroatoms. The van der Waals surface area contributed by atoms with Crippen LogP contribution in [-0.2, 0) is 0 Å². The molecule has 0 unspecified atom stereocenters. The Kier molecular flexibility index (Phi) is 4.01. The molecule has 0 saturated carbocycles. The summed E-state index contributed by atoms with van der Waals surface area (Å²) in [6.45, 7) is 0. The van der Waals surface area contributed by atoms with Gasteiger partial charge in [0.1, 0.15) is 6.07 Å². The minimum Gasteiger partial charge on any atom is -0.399 e. The summed E-state index contributed by atoms with van der Waals surface area (Å²) in [7, 11) is 2.06. The summed E-state index contributed by atoms with van der Waals surface area (Å²) in [6, 6.07) is 14.2. The molecule has 1 aromatic carbocycles. The van der Waals surface area contributed by atoms with E-state index in [0.29, 0.717) is 5.02 Å². The summed E-state index contributed by atoms with van der Waals surface area (Å²) in [5.41, 5.74) is 6.64. The first-order chi connectivity index (χ1) is 13.0. The number of fused-ring (bicyclic) bond motifs is 4. The molecule has 4 rings (SSSR count). The number of halogens is 1. The van der Waals surface area contributed by atoms with E-state index in [2.05, 4.69) is 36.2 Å². The molecule has 3 aliphatic rings.